The van der Waals surface area contributed by atoms with Crippen LogP contribution in [0.4, 0.5) is 0 Å². The molecule has 0 heterocycles. The molecule has 0 fully saturated rings. The molecular weight excluding hydrogens is 132 g/mol. The molecule has 1 unspecified atom stereocenters. The number of rotatable bonds is 4. The van der Waals surface area contributed by atoms with E-state index in [-0.39, 0.29) is 5.92 Å². The third-order valence-corrected chi connectivity index (χ3v) is 2.02. The highest BCUT2D eigenvalue weighted by Crippen LogP contribution is 2.05. The average Bonchev–Trinajstić information content (AvgIpc) is 1.87. The average molecular weight is 146 g/mol. The van der Waals surface area contributed by atoms with Crippen molar-refractivity contribution in [2.24, 2.45) is 5.92 Å². The first-order valence-electron chi connectivity index (χ1n) is 3.24. The van der Waals surface area contributed by atoms with Gasteiger partial charge in [0.2, 0.25) is 0 Å². The van der Waals surface area contributed by atoms with Crippen LogP contribution < -0.4 is 0 Å². The summed E-state index contributed by atoms with van der Waals surface area (Å²) in [5, 5.41) is 0. The van der Waals surface area contributed by atoms with Gasteiger partial charge in [0, 0.05) is 5.92 Å². The second kappa shape index (κ2) is 4.86. The van der Waals surface area contributed by atoms with E-state index in [0.717, 1.165) is 6.42 Å². The second-order valence-electron chi connectivity index (χ2n) is 2.21. The van der Waals surface area contributed by atoms with Gasteiger partial charge >= 0.3 is 0 Å². The molecule has 54 valence electrons. The van der Waals surface area contributed by atoms with Crippen molar-refractivity contribution < 1.29 is 4.79 Å². The minimum Gasteiger partial charge on any atom is -0.298 e. The molecule has 0 radical (unpaired) electrons. The molecule has 0 saturated heterocycles. The first kappa shape index (κ1) is 9.02. The molecule has 0 aliphatic rings. The third kappa shape index (κ3) is 3.57. The summed E-state index contributed by atoms with van der Waals surface area (Å²) in [6, 6.07) is 0. The lowest BCUT2D eigenvalue weighted by Gasteiger charge is -2.03. The molecule has 0 amide bonds. The van der Waals surface area contributed by atoms with Crippen LogP contribution >= 0.6 is 11.8 Å². The summed E-state index contributed by atoms with van der Waals surface area (Å²) in [6.07, 6.45) is 2.93. The van der Waals surface area contributed by atoms with E-state index in [2.05, 4.69) is 0 Å². The van der Waals surface area contributed by atoms with Crippen LogP contribution in [0, 0.1) is 5.92 Å². The van der Waals surface area contributed by atoms with Crippen molar-refractivity contribution in [1.82, 2.24) is 0 Å². The van der Waals surface area contributed by atoms with Crippen molar-refractivity contribution in [2.75, 3.05) is 12.0 Å². The Morgan fingerprint density at radius 2 is 2.22 bits per heavy atom. The summed E-state index contributed by atoms with van der Waals surface area (Å²) in [5.74, 6) is 1.32. The highest BCUT2D eigenvalue weighted by Gasteiger charge is 2.07. The van der Waals surface area contributed by atoms with Crippen LogP contribution in [0.2, 0.25) is 0 Å². The Hall–Kier alpha value is 0.0200. The molecule has 0 aromatic carbocycles. The summed E-state index contributed by atoms with van der Waals surface area (Å²) >= 11 is 1.60. The minimum absolute atomic E-state index is 0.262. The molecule has 0 aromatic heterocycles. The molecule has 0 rings (SSSR count). The number of carbonyl (C=O) groups is 1. The SMILES string of the molecule is CCC(C)C(=O)CSC. The normalized spacial score (nSPS) is 13.2. The van der Waals surface area contributed by atoms with Crippen LogP contribution in [0.3, 0.4) is 0 Å². The molecule has 0 aromatic rings. The fraction of sp³-hybridized carbons (Fsp3) is 0.857. The second-order valence-corrected chi connectivity index (χ2v) is 3.07. The van der Waals surface area contributed by atoms with Gasteiger partial charge in [0.05, 0.1) is 5.75 Å². The van der Waals surface area contributed by atoms with E-state index in [1.807, 2.05) is 20.1 Å². The van der Waals surface area contributed by atoms with E-state index in [1.165, 1.54) is 0 Å². The first-order chi connectivity index (χ1) is 4.22. The summed E-state index contributed by atoms with van der Waals surface area (Å²) in [7, 11) is 0. The van der Waals surface area contributed by atoms with Gasteiger partial charge in [-0.2, -0.15) is 11.8 Å². The minimum atomic E-state index is 0.262. The number of Topliss-reactive ketones (excluding diaryl/α,β-unsaturated/α-hetero) is 1. The lowest BCUT2D eigenvalue weighted by atomic mass is 10.1. The van der Waals surface area contributed by atoms with Gasteiger partial charge in [-0.15, -0.1) is 0 Å². The van der Waals surface area contributed by atoms with E-state index < -0.39 is 0 Å². The Balaban J connectivity index is 3.46. The lowest BCUT2D eigenvalue weighted by Crippen LogP contribution is -2.11. The summed E-state index contributed by atoms with van der Waals surface area (Å²) < 4.78 is 0. The van der Waals surface area contributed by atoms with E-state index in [9.17, 15) is 4.79 Å². The molecular formula is C7H14OS. The van der Waals surface area contributed by atoms with Gasteiger partial charge < -0.3 is 0 Å². The molecule has 0 aliphatic carbocycles. The molecule has 2 heteroatoms. The Labute approximate surface area is 61.2 Å². The molecule has 0 spiro atoms. The lowest BCUT2D eigenvalue weighted by molar-refractivity contribution is -0.119. The number of carbonyl (C=O) groups excluding carboxylic acids is 1. The molecule has 0 aliphatic heterocycles. The summed E-state index contributed by atoms with van der Waals surface area (Å²) in [6.45, 7) is 4.03. The fourth-order valence-electron chi connectivity index (χ4n) is 0.512. The number of ketones is 1. The Morgan fingerprint density at radius 3 is 2.56 bits per heavy atom. The maximum atomic E-state index is 11.0. The van der Waals surface area contributed by atoms with E-state index in [4.69, 9.17) is 0 Å². The van der Waals surface area contributed by atoms with Gasteiger partial charge in [0.25, 0.3) is 0 Å². The monoisotopic (exact) mass is 146 g/mol. The van der Waals surface area contributed by atoms with E-state index >= 15 is 0 Å². The molecule has 1 atom stereocenters. The van der Waals surface area contributed by atoms with Gasteiger partial charge in [-0.1, -0.05) is 13.8 Å². The Kier molecular flexibility index (Phi) is 4.87. The van der Waals surface area contributed by atoms with Crippen LogP contribution in [0.25, 0.3) is 0 Å². The van der Waals surface area contributed by atoms with Crippen LogP contribution in [0.5, 0.6) is 0 Å². The maximum Gasteiger partial charge on any atom is 0.145 e. The number of thioether (sulfide) groups is 1. The van der Waals surface area contributed by atoms with Crippen LogP contribution in [0.15, 0.2) is 0 Å². The topological polar surface area (TPSA) is 17.1 Å². The van der Waals surface area contributed by atoms with Gasteiger partial charge in [-0.3, -0.25) is 4.79 Å². The molecule has 1 nitrogen and oxygen atoms in total. The van der Waals surface area contributed by atoms with Gasteiger partial charge in [0.15, 0.2) is 0 Å². The zero-order valence-corrected chi connectivity index (χ0v) is 7.12. The van der Waals surface area contributed by atoms with Crippen LogP contribution in [-0.4, -0.2) is 17.8 Å². The van der Waals surface area contributed by atoms with Crippen molar-refractivity contribution in [3.8, 4) is 0 Å². The maximum absolute atomic E-state index is 11.0. The van der Waals surface area contributed by atoms with E-state index in [1.54, 1.807) is 11.8 Å². The summed E-state index contributed by atoms with van der Waals surface area (Å²) in [5.41, 5.74) is 0. The van der Waals surface area contributed by atoms with Crippen molar-refractivity contribution in [3.05, 3.63) is 0 Å². The van der Waals surface area contributed by atoms with Crippen LogP contribution in [0.1, 0.15) is 20.3 Å². The van der Waals surface area contributed by atoms with Gasteiger partial charge in [0.1, 0.15) is 5.78 Å². The standard InChI is InChI=1S/C7H14OS/c1-4-6(2)7(8)5-9-3/h6H,4-5H2,1-3H3. The Morgan fingerprint density at radius 1 is 1.67 bits per heavy atom. The smallest absolute Gasteiger partial charge is 0.145 e. The quantitative estimate of drug-likeness (QED) is 0.603. The number of hydrogen-bond donors (Lipinski definition) is 0. The number of hydrogen-bond acceptors (Lipinski definition) is 2. The highest BCUT2D eigenvalue weighted by atomic mass is 32.2. The third-order valence-electron chi connectivity index (χ3n) is 1.45. The zero-order chi connectivity index (χ0) is 7.28. The van der Waals surface area contributed by atoms with Crippen molar-refractivity contribution >= 4 is 17.5 Å². The van der Waals surface area contributed by atoms with Gasteiger partial charge in [-0.05, 0) is 12.7 Å². The van der Waals surface area contributed by atoms with Gasteiger partial charge in [-0.25, -0.2) is 0 Å². The van der Waals surface area contributed by atoms with Crippen molar-refractivity contribution in [2.45, 2.75) is 20.3 Å². The molecule has 0 bridgehead atoms. The molecule has 0 N–H and O–H groups in total. The van der Waals surface area contributed by atoms with E-state index in [0.29, 0.717) is 11.5 Å². The highest BCUT2D eigenvalue weighted by molar-refractivity contribution is 7.99. The van der Waals surface area contributed by atoms with Crippen LogP contribution in [-0.2, 0) is 4.79 Å². The Bertz CT molecular complexity index is 90.9. The summed E-state index contributed by atoms with van der Waals surface area (Å²) in [4.78, 5) is 11.0. The predicted molar refractivity (Wildman–Crippen MR) is 42.8 cm³/mol. The molecule has 9 heavy (non-hydrogen) atoms. The predicted octanol–water partition coefficient (Wildman–Crippen LogP) is 1.96. The molecule has 0 saturated carbocycles. The largest absolute Gasteiger partial charge is 0.298 e. The van der Waals surface area contributed by atoms with Crippen molar-refractivity contribution in [3.63, 3.8) is 0 Å². The first-order valence-corrected chi connectivity index (χ1v) is 4.63. The zero-order valence-electron chi connectivity index (χ0n) is 6.31. The fourth-order valence-corrected chi connectivity index (χ4v) is 1.08. The van der Waals surface area contributed by atoms with Crippen molar-refractivity contribution in [1.29, 1.82) is 0 Å².